The van der Waals surface area contributed by atoms with E-state index in [0.717, 1.165) is 30.1 Å². The molecule has 1 saturated carbocycles. The minimum absolute atomic E-state index is 0.277. The van der Waals surface area contributed by atoms with Crippen molar-refractivity contribution in [2.45, 2.75) is 24.8 Å². The van der Waals surface area contributed by atoms with Gasteiger partial charge in [0.2, 0.25) is 0 Å². The second-order valence-electron chi connectivity index (χ2n) is 5.76. The molecule has 0 amide bonds. The molecule has 0 spiro atoms. The summed E-state index contributed by atoms with van der Waals surface area (Å²) in [5.74, 6) is 1.67. The van der Waals surface area contributed by atoms with E-state index in [1.54, 1.807) is 18.3 Å². The summed E-state index contributed by atoms with van der Waals surface area (Å²) < 4.78 is 20.4. The molecule has 2 heterocycles. The minimum atomic E-state index is -0.303. The van der Waals surface area contributed by atoms with Crippen molar-refractivity contribution >= 4 is 6.01 Å². The molecule has 6 nitrogen and oxygen atoms in total. The fourth-order valence-corrected chi connectivity index (χ4v) is 2.53. The van der Waals surface area contributed by atoms with Crippen molar-refractivity contribution < 1.29 is 8.91 Å². The Kier molecular flexibility index (Phi) is 3.33. The standard InChI is InChI=1S/C16H16FN5O/c1-22-9-8-18-15(22)13(10-4-6-12(17)7-5-10)19-16-20-14(21-23-16)11-2-3-11/h4-9,11,13H,2-3H2,1H3,(H,19,20,21)/t13-/m1/s1. The van der Waals surface area contributed by atoms with E-state index in [4.69, 9.17) is 4.52 Å². The van der Waals surface area contributed by atoms with Crippen LogP contribution in [0.3, 0.4) is 0 Å². The van der Waals surface area contributed by atoms with Crippen molar-refractivity contribution in [1.29, 1.82) is 0 Å². The zero-order chi connectivity index (χ0) is 15.8. The van der Waals surface area contributed by atoms with Crippen LogP contribution in [-0.4, -0.2) is 19.7 Å². The molecule has 0 bridgehead atoms. The molecule has 4 rings (SSSR count). The molecule has 1 aromatic carbocycles. The number of nitrogens with one attached hydrogen (secondary N) is 1. The second-order valence-corrected chi connectivity index (χ2v) is 5.76. The number of hydrogen-bond donors (Lipinski definition) is 1. The van der Waals surface area contributed by atoms with Gasteiger partial charge in [-0.1, -0.05) is 17.3 Å². The van der Waals surface area contributed by atoms with Crippen molar-refractivity contribution in [3.8, 4) is 0 Å². The Labute approximate surface area is 132 Å². The average molecular weight is 313 g/mol. The number of halogens is 1. The maximum Gasteiger partial charge on any atom is 0.322 e. The van der Waals surface area contributed by atoms with Crippen molar-refractivity contribution in [3.05, 3.63) is 59.7 Å². The first kappa shape index (κ1) is 13.9. The maximum absolute atomic E-state index is 13.2. The highest BCUT2D eigenvalue weighted by molar-refractivity contribution is 5.35. The van der Waals surface area contributed by atoms with Gasteiger partial charge in [-0.15, -0.1) is 0 Å². The lowest BCUT2D eigenvalue weighted by Crippen LogP contribution is -2.17. The molecule has 3 aromatic rings. The van der Waals surface area contributed by atoms with Gasteiger partial charge in [-0.2, -0.15) is 4.98 Å². The summed E-state index contributed by atoms with van der Waals surface area (Å²) >= 11 is 0. The molecule has 2 aromatic heterocycles. The molecule has 1 fully saturated rings. The molecule has 0 saturated heterocycles. The number of nitrogens with zero attached hydrogens (tertiary/aromatic N) is 4. The van der Waals surface area contributed by atoms with Crippen molar-refractivity contribution in [1.82, 2.24) is 19.7 Å². The lowest BCUT2D eigenvalue weighted by atomic mass is 10.1. The smallest absolute Gasteiger partial charge is 0.322 e. The van der Waals surface area contributed by atoms with Gasteiger partial charge in [-0.05, 0) is 30.5 Å². The quantitative estimate of drug-likeness (QED) is 0.784. The van der Waals surface area contributed by atoms with E-state index in [-0.39, 0.29) is 11.9 Å². The third-order valence-corrected chi connectivity index (χ3v) is 3.97. The molecule has 0 aliphatic heterocycles. The maximum atomic E-state index is 13.2. The first-order chi connectivity index (χ1) is 11.2. The third kappa shape index (κ3) is 2.81. The first-order valence-corrected chi connectivity index (χ1v) is 7.53. The number of rotatable bonds is 5. The summed E-state index contributed by atoms with van der Waals surface area (Å²) in [7, 11) is 1.91. The SMILES string of the molecule is Cn1ccnc1[C@H](Nc1nc(C2CC2)no1)c1ccc(F)cc1. The molecule has 1 aliphatic rings. The van der Waals surface area contributed by atoms with Gasteiger partial charge in [0.25, 0.3) is 0 Å². The van der Waals surface area contributed by atoms with Gasteiger partial charge in [0.1, 0.15) is 17.7 Å². The van der Waals surface area contributed by atoms with Crippen LogP contribution in [0.5, 0.6) is 0 Å². The van der Waals surface area contributed by atoms with Crippen molar-refractivity contribution in [3.63, 3.8) is 0 Å². The third-order valence-electron chi connectivity index (χ3n) is 3.97. The summed E-state index contributed by atoms with van der Waals surface area (Å²) in [5.41, 5.74) is 0.867. The molecule has 0 radical (unpaired) electrons. The van der Waals surface area contributed by atoms with Gasteiger partial charge >= 0.3 is 6.01 Å². The number of imidazole rings is 1. The zero-order valence-electron chi connectivity index (χ0n) is 12.6. The summed E-state index contributed by atoms with van der Waals surface area (Å²) in [6, 6.07) is 6.35. The number of aromatic nitrogens is 4. The van der Waals surface area contributed by atoms with E-state index < -0.39 is 0 Å². The van der Waals surface area contributed by atoms with E-state index in [2.05, 4.69) is 20.4 Å². The molecule has 118 valence electrons. The summed E-state index contributed by atoms with van der Waals surface area (Å²) in [4.78, 5) is 8.78. The van der Waals surface area contributed by atoms with Crippen LogP contribution in [0, 0.1) is 5.82 Å². The normalized spacial score (nSPS) is 15.6. The van der Waals surface area contributed by atoms with Crippen LogP contribution in [-0.2, 0) is 7.05 Å². The summed E-state index contributed by atoms with van der Waals surface area (Å²) in [5, 5.41) is 7.22. The lowest BCUT2D eigenvalue weighted by Gasteiger charge is -2.17. The molecular formula is C16H16FN5O. The number of hydrogen-bond acceptors (Lipinski definition) is 5. The van der Waals surface area contributed by atoms with Gasteiger partial charge in [0.05, 0.1) is 0 Å². The van der Waals surface area contributed by atoms with Gasteiger partial charge in [-0.25, -0.2) is 9.37 Å². The fraction of sp³-hybridized carbons (Fsp3) is 0.312. The van der Waals surface area contributed by atoms with Crippen LogP contribution < -0.4 is 5.32 Å². The van der Waals surface area contributed by atoms with E-state index in [1.807, 2.05) is 17.8 Å². The van der Waals surface area contributed by atoms with E-state index in [0.29, 0.717) is 11.9 Å². The van der Waals surface area contributed by atoms with E-state index in [1.165, 1.54) is 12.1 Å². The van der Waals surface area contributed by atoms with Crippen LogP contribution in [0.4, 0.5) is 10.4 Å². The Morgan fingerprint density at radius 3 is 2.74 bits per heavy atom. The minimum Gasteiger partial charge on any atom is -0.336 e. The Hall–Kier alpha value is -2.70. The Balaban J connectivity index is 1.66. The van der Waals surface area contributed by atoms with Crippen LogP contribution in [0.2, 0.25) is 0 Å². The largest absolute Gasteiger partial charge is 0.336 e. The number of benzene rings is 1. The van der Waals surface area contributed by atoms with Gasteiger partial charge in [0.15, 0.2) is 5.82 Å². The topological polar surface area (TPSA) is 68.8 Å². The van der Waals surface area contributed by atoms with E-state index >= 15 is 0 Å². The molecule has 23 heavy (non-hydrogen) atoms. The summed E-state index contributed by atoms with van der Waals surface area (Å²) in [6.45, 7) is 0. The van der Waals surface area contributed by atoms with Gasteiger partial charge < -0.3 is 14.4 Å². The number of aryl methyl sites for hydroxylation is 1. The van der Waals surface area contributed by atoms with Gasteiger partial charge in [0, 0.05) is 25.4 Å². The zero-order valence-corrected chi connectivity index (χ0v) is 12.6. The Morgan fingerprint density at radius 2 is 2.09 bits per heavy atom. The van der Waals surface area contributed by atoms with E-state index in [9.17, 15) is 4.39 Å². The molecule has 1 atom stereocenters. The Morgan fingerprint density at radius 1 is 1.30 bits per heavy atom. The molecule has 1 aliphatic carbocycles. The highest BCUT2D eigenvalue weighted by atomic mass is 19.1. The highest BCUT2D eigenvalue weighted by Gasteiger charge is 2.29. The highest BCUT2D eigenvalue weighted by Crippen LogP contribution is 2.38. The molecular weight excluding hydrogens is 297 g/mol. The molecule has 1 N–H and O–H groups in total. The molecule has 7 heteroatoms. The first-order valence-electron chi connectivity index (χ1n) is 7.53. The van der Waals surface area contributed by atoms with Gasteiger partial charge in [-0.3, -0.25) is 0 Å². The van der Waals surface area contributed by atoms with Crippen LogP contribution in [0.15, 0.2) is 41.2 Å². The fourth-order valence-electron chi connectivity index (χ4n) is 2.53. The van der Waals surface area contributed by atoms with Crippen LogP contribution >= 0.6 is 0 Å². The van der Waals surface area contributed by atoms with Crippen LogP contribution in [0.1, 0.15) is 42.0 Å². The monoisotopic (exact) mass is 313 g/mol. The predicted molar refractivity (Wildman–Crippen MR) is 81.3 cm³/mol. The van der Waals surface area contributed by atoms with Crippen molar-refractivity contribution in [2.75, 3.05) is 5.32 Å². The van der Waals surface area contributed by atoms with Crippen molar-refractivity contribution in [2.24, 2.45) is 7.05 Å². The van der Waals surface area contributed by atoms with Crippen LogP contribution in [0.25, 0.3) is 0 Å². The lowest BCUT2D eigenvalue weighted by molar-refractivity contribution is 0.420. The second kappa shape index (κ2) is 5.49. The predicted octanol–water partition coefficient (Wildman–Crippen LogP) is 3.02. The molecule has 0 unspecified atom stereocenters. The number of anilines is 1. The summed E-state index contributed by atoms with van der Waals surface area (Å²) in [6.07, 6.45) is 5.80. The average Bonchev–Trinajstić information content (AvgIpc) is 3.15. The Bertz CT molecular complexity index is 806.